The summed E-state index contributed by atoms with van der Waals surface area (Å²) >= 11 is 3.39. The summed E-state index contributed by atoms with van der Waals surface area (Å²) in [6.45, 7) is 0.718. The monoisotopic (exact) mass is 284 g/mol. The molecule has 1 aliphatic rings. The molecule has 1 aliphatic carbocycles. The van der Waals surface area contributed by atoms with Crippen molar-refractivity contribution in [2.75, 3.05) is 13.7 Å². The Labute approximate surface area is 103 Å². The second-order valence-corrected chi connectivity index (χ2v) is 4.76. The van der Waals surface area contributed by atoms with Crippen LogP contribution in [-0.4, -0.2) is 20.0 Å². The Bertz CT molecular complexity index is 399. The summed E-state index contributed by atoms with van der Waals surface area (Å²) in [5, 5.41) is 0. The standard InChI is InChI=1S/C12H13BrO3/c1-15-11-5-9(6-14)4-10(13)12(11)16-7-8-2-3-8/h4-6,8H,2-3,7H2,1H3. The van der Waals surface area contributed by atoms with Crippen LogP contribution in [0.1, 0.15) is 23.2 Å². The molecular weight excluding hydrogens is 272 g/mol. The van der Waals surface area contributed by atoms with Gasteiger partial charge in [0.1, 0.15) is 6.29 Å². The van der Waals surface area contributed by atoms with Crippen LogP contribution in [0.4, 0.5) is 0 Å². The third kappa shape index (κ3) is 2.55. The SMILES string of the molecule is COc1cc(C=O)cc(Br)c1OCC1CC1. The summed E-state index contributed by atoms with van der Waals surface area (Å²) < 4.78 is 11.7. The number of hydrogen-bond donors (Lipinski definition) is 0. The minimum absolute atomic E-state index is 0.572. The predicted molar refractivity (Wildman–Crippen MR) is 64.3 cm³/mol. The summed E-state index contributed by atoms with van der Waals surface area (Å²) in [6, 6.07) is 3.41. The number of benzene rings is 1. The molecule has 0 heterocycles. The lowest BCUT2D eigenvalue weighted by Gasteiger charge is -2.12. The first kappa shape index (κ1) is 11.5. The highest BCUT2D eigenvalue weighted by atomic mass is 79.9. The van der Waals surface area contributed by atoms with E-state index >= 15 is 0 Å². The highest BCUT2D eigenvalue weighted by Gasteiger charge is 2.23. The maximum absolute atomic E-state index is 10.7. The van der Waals surface area contributed by atoms with Crippen LogP contribution in [-0.2, 0) is 0 Å². The van der Waals surface area contributed by atoms with Gasteiger partial charge in [0.15, 0.2) is 11.5 Å². The minimum Gasteiger partial charge on any atom is -0.493 e. The van der Waals surface area contributed by atoms with Crippen LogP contribution in [0.2, 0.25) is 0 Å². The van der Waals surface area contributed by atoms with E-state index in [1.54, 1.807) is 19.2 Å². The Morgan fingerprint density at radius 3 is 2.81 bits per heavy atom. The fraction of sp³-hybridized carbons (Fsp3) is 0.417. The van der Waals surface area contributed by atoms with Crippen LogP contribution in [0.25, 0.3) is 0 Å². The van der Waals surface area contributed by atoms with Gasteiger partial charge in [-0.25, -0.2) is 0 Å². The van der Waals surface area contributed by atoms with Crippen LogP contribution < -0.4 is 9.47 Å². The van der Waals surface area contributed by atoms with Gasteiger partial charge in [-0.3, -0.25) is 4.79 Å². The Morgan fingerprint density at radius 2 is 2.25 bits per heavy atom. The van der Waals surface area contributed by atoms with E-state index in [1.165, 1.54) is 12.8 Å². The van der Waals surface area contributed by atoms with E-state index in [-0.39, 0.29) is 0 Å². The van der Waals surface area contributed by atoms with Crippen molar-refractivity contribution in [3.05, 3.63) is 22.2 Å². The normalized spacial score (nSPS) is 14.6. The molecule has 0 saturated heterocycles. The molecule has 0 N–H and O–H groups in total. The van der Waals surface area contributed by atoms with Gasteiger partial charge in [-0.2, -0.15) is 0 Å². The van der Waals surface area contributed by atoms with Crippen molar-refractivity contribution < 1.29 is 14.3 Å². The van der Waals surface area contributed by atoms with E-state index in [4.69, 9.17) is 9.47 Å². The lowest BCUT2D eigenvalue weighted by Crippen LogP contribution is -2.02. The summed E-state index contributed by atoms with van der Waals surface area (Å²) in [7, 11) is 1.57. The van der Waals surface area contributed by atoms with E-state index in [2.05, 4.69) is 15.9 Å². The maximum atomic E-state index is 10.7. The van der Waals surface area contributed by atoms with Crippen molar-refractivity contribution in [1.82, 2.24) is 0 Å². The van der Waals surface area contributed by atoms with Gasteiger partial charge >= 0.3 is 0 Å². The van der Waals surface area contributed by atoms with E-state index in [1.807, 2.05) is 0 Å². The molecule has 86 valence electrons. The van der Waals surface area contributed by atoms with Gasteiger partial charge in [0, 0.05) is 5.56 Å². The molecule has 1 fully saturated rings. The third-order valence-electron chi connectivity index (χ3n) is 2.55. The molecule has 1 saturated carbocycles. The number of carbonyl (C=O) groups is 1. The van der Waals surface area contributed by atoms with Gasteiger partial charge in [0.2, 0.25) is 0 Å². The Balaban J connectivity index is 2.22. The van der Waals surface area contributed by atoms with E-state index in [0.717, 1.165) is 17.4 Å². The van der Waals surface area contributed by atoms with Crippen LogP contribution in [0, 0.1) is 5.92 Å². The molecule has 0 spiro atoms. The number of rotatable bonds is 5. The van der Waals surface area contributed by atoms with Crippen molar-refractivity contribution in [2.45, 2.75) is 12.8 Å². The molecule has 0 aliphatic heterocycles. The molecule has 16 heavy (non-hydrogen) atoms. The van der Waals surface area contributed by atoms with E-state index in [9.17, 15) is 4.79 Å². The molecule has 0 atom stereocenters. The maximum Gasteiger partial charge on any atom is 0.175 e. The molecule has 0 amide bonds. The zero-order valence-electron chi connectivity index (χ0n) is 9.03. The van der Waals surface area contributed by atoms with E-state index < -0.39 is 0 Å². The van der Waals surface area contributed by atoms with Gasteiger partial charge in [-0.05, 0) is 46.8 Å². The van der Waals surface area contributed by atoms with Gasteiger partial charge in [0.05, 0.1) is 18.2 Å². The first-order valence-corrected chi connectivity index (χ1v) is 5.99. The number of halogens is 1. The molecule has 4 heteroatoms. The van der Waals surface area contributed by atoms with Crippen LogP contribution in [0.15, 0.2) is 16.6 Å². The van der Waals surface area contributed by atoms with Crippen LogP contribution in [0.5, 0.6) is 11.5 Å². The zero-order valence-corrected chi connectivity index (χ0v) is 10.6. The van der Waals surface area contributed by atoms with Crippen molar-refractivity contribution in [3.8, 4) is 11.5 Å². The first-order valence-electron chi connectivity index (χ1n) is 5.20. The fourth-order valence-electron chi connectivity index (χ4n) is 1.43. The second kappa shape index (κ2) is 4.87. The van der Waals surface area contributed by atoms with Crippen molar-refractivity contribution in [3.63, 3.8) is 0 Å². The molecule has 2 rings (SSSR count). The van der Waals surface area contributed by atoms with Crippen molar-refractivity contribution in [2.24, 2.45) is 5.92 Å². The highest BCUT2D eigenvalue weighted by molar-refractivity contribution is 9.10. The topological polar surface area (TPSA) is 35.5 Å². The Morgan fingerprint density at radius 1 is 1.50 bits per heavy atom. The van der Waals surface area contributed by atoms with Crippen LogP contribution in [0.3, 0.4) is 0 Å². The molecular formula is C12H13BrO3. The zero-order chi connectivity index (χ0) is 11.5. The van der Waals surface area contributed by atoms with Gasteiger partial charge in [-0.1, -0.05) is 0 Å². The highest BCUT2D eigenvalue weighted by Crippen LogP contribution is 2.38. The molecule has 3 nitrogen and oxygen atoms in total. The summed E-state index contributed by atoms with van der Waals surface area (Å²) in [4.78, 5) is 10.7. The second-order valence-electron chi connectivity index (χ2n) is 3.91. The van der Waals surface area contributed by atoms with Crippen molar-refractivity contribution in [1.29, 1.82) is 0 Å². The summed E-state index contributed by atoms with van der Waals surface area (Å²) in [6.07, 6.45) is 3.27. The summed E-state index contributed by atoms with van der Waals surface area (Å²) in [5.41, 5.74) is 0.572. The Kier molecular flexibility index (Phi) is 3.49. The average molecular weight is 285 g/mol. The molecule has 1 aromatic carbocycles. The largest absolute Gasteiger partial charge is 0.493 e. The van der Waals surface area contributed by atoms with Gasteiger partial charge < -0.3 is 9.47 Å². The molecule has 0 radical (unpaired) electrons. The summed E-state index contributed by atoms with van der Waals surface area (Å²) in [5.74, 6) is 1.96. The molecule has 0 unspecified atom stereocenters. The number of methoxy groups -OCH3 is 1. The smallest absolute Gasteiger partial charge is 0.175 e. The van der Waals surface area contributed by atoms with E-state index in [0.29, 0.717) is 23.0 Å². The molecule has 0 bridgehead atoms. The predicted octanol–water partition coefficient (Wildman–Crippen LogP) is 3.06. The number of ether oxygens (including phenoxy) is 2. The number of hydrogen-bond acceptors (Lipinski definition) is 3. The lowest BCUT2D eigenvalue weighted by atomic mass is 10.2. The fourth-order valence-corrected chi connectivity index (χ4v) is 2.01. The third-order valence-corrected chi connectivity index (χ3v) is 3.14. The number of carbonyl (C=O) groups excluding carboxylic acids is 1. The van der Waals surface area contributed by atoms with Gasteiger partial charge in [-0.15, -0.1) is 0 Å². The quantitative estimate of drug-likeness (QED) is 0.780. The van der Waals surface area contributed by atoms with Gasteiger partial charge in [0.25, 0.3) is 0 Å². The van der Waals surface area contributed by atoms with Crippen LogP contribution >= 0.6 is 15.9 Å². The molecule has 0 aromatic heterocycles. The molecule has 1 aromatic rings. The first-order chi connectivity index (χ1) is 7.74. The Hall–Kier alpha value is -1.03. The lowest BCUT2D eigenvalue weighted by molar-refractivity contribution is 0.112. The minimum atomic E-state index is 0.572. The van der Waals surface area contributed by atoms with Crippen molar-refractivity contribution >= 4 is 22.2 Å². The number of aldehydes is 1. The average Bonchev–Trinajstić information content (AvgIpc) is 3.10.